The predicted octanol–water partition coefficient (Wildman–Crippen LogP) is 3.21. The molecule has 2 nitrogen and oxygen atoms in total. The third kappa shape index (κ3) is 1.80. The Morgan fingerprint density at radius 3 is 2.85 bits per heavy atom. The quantitative estimate of drug-likeness (QED) is 0.761. The van der Waals surface area contributed by atoms with Crippen molar-refractivity contribution < 1.29 is 4.52 Å². The summed E-state index contributed by atoms with van der Waals surface area (Å²) in [5.74, 6) is 0. The van der Waals surface area contributed by atoms with Gasteiger partial charge in [0.15, 0.2) is 0 Å². The average Bonchev–Trinajstić information content (AvgIpc) is 2.53. The maximum absolute atomic E-state index is 4.73. The van der Waals surface area contributed by atoms with Crippen LogP contribution in [0.25, 0.3) is 11.1 Å². The SMILES string of the molecule is Cc1cc(Br)cc(-c2[c]noc2)c1. The molecule has 0 saturated carbocycles. The third-order valence-electron chi connectivity index (χ3n) is 1.74. The van der Waals surface area contributed by atoms with Crippen molar-refractivity contribution in [1.82, 2.24) is 5.16 Å². The summed E-state index contributed by atoms with van der Waals surface area (Å²) in [5.41, 5.74) is 3.14. The molecular weight excluding hydrogens is 230 g/mol. The highest BCUT2D eigenvalue weighted by atomic mass is 79.9. The van der Waals surface area contributed by atoms with Crippen LogP contribution in [-0.4, -0.2) is 5.16 Å². The normalized spacial score (nSPS) is 10.3. The van der Waals surface area contributed by atoms with Crippen molar-refractivity contribution in [2.45, 2.75) is 6.92 Å². The molecule has 0 aliphatic rings. The molecule has 2 aromatic rings. The summed E-state index contributed by atoms with van der Waals surface area (Å²) in [6.45, 7) is 2.04. The highest BCUT2D eigenvalue weighted by molar-refractivity contribution is 9.10. The summed E-state index contributed by atoms with van der Waals surface area (Å²) in [6.07, 6.45) is 4.35. The van der Waals surface area contributed by atoms with Gasteiger partial charge in [0, 0.05) is 4.47 Å². The van der Waals surface area contributed by atoms with E-state index in [9.17, 15) is 0 Å². The first kappa shape index (κ1) is 8.51. The van der Waals surface area contributed by atoms with E-state index < -0.39 is 0 Å². The third-order valence-corrected chi connectivity index (χ3v) is 2.20. The Bertz CT molecular complexity index is 389. The van der Waals surface area contributed by atoms with Crippen molar-refractivity contribution in [2.75, 3.05) is 0 Å². The molecule has 2 rings (SSSR count). The maximum atomic E-state index is 4.73. The maximum Gasteiger partial charge on any atom is 0.144 e. The van der Waals surface area contributed by atoms with Crippen molar-refractivity contribution >= 4 is 15.9 Å². The standard InChI is InChI=1S/C10H7BrNO/c1-7-2-8(4-10(11)3-7)9-5-12-13-6-9/h2-4,6H,1H3. The van der Waals surface area contributed by atoms with Crippen LogP contribution in [0, 0.1) is 13.1 Å². The number of nitrogens with zero attached hydrogens (tertiary/aromatic N) is 1. The highest BCUT2D eigenvalue weighted by Crippen LogP contribution is 2.23. The molecule has 0 N–H and O–H groups in total. The van der Waals surface area contributed by atoms with E-state index in [1.54, 1.807) is 6.26 Å². The minimum Gasteiger partial charge on any atom is -0.363 e. The van der Waals surface area contributed by atoms with Gasteiger partial charge in [-0.3, -0.25) is 0 Å². The van der Waals surface area contributed by atoms with Gasteiger partial charge in [0.2, 0.25) is 0 Å². The van der Waals surface area contributed by atoms with Crippen LogP contribution in [0.2, 0.25) is 0 Å². The Labute approximate surface area is 84.7 Å². The van der Waals surface area contributed by atoms with E-state index in [4.69, 9.17) is 4.52 Å². The summed E-state index contributed by atoms with van der Waals surface area (Å²) in [6, 6.07) is 6.13. The van der Waals surface area contributed by atoms with Crippen LogP contribution in [0.4, 0.5) is 0 Å². The summed E-state index contributed by atoms with van der Waals surface area (Å²) in [5, 5.41) is 3.54. The van der Waals surface area contributed by atoms with Crippen molar-refractivity contribution in [3.05, 3.63) is 40.7 Å². The highest BCUT2D eigenvalue weighted by Gasteiger charge is 2.02. The first-order valence-electron chi connectivity index (χ1n) is 3.85. The largest absolute Gasteiger partial charge is 0.363 e. The molecule has 0 unspecified atom stereocenters. The van der Waals surface area contributed by atoms with Gasteiger partial charge in [-0.15, -0.1) is 0 Å². The summed E-state index contributed by atoms with van der Waals surface area (Å²) in [4.78, 5) is 0. The number of benzene rings is 1. The monoisotopic (exact) mass is 236 g/mol. The zero-order valence-electron chi connectivity index (χ0n) is 7.04. The van der Waals surface area contributed by atoms with Gasteiger partial charge in [0.25, 0.3) is 0 Å². The molecule has 1 aromatic heterocycles. The van der Waals surface area contributed by atoms with Gasteiger partial charge < -0.3 is 4.52 Å². The second kappa shape index (κ2) is 3.34. The van der Waals surface area contributed by atoms with Gasteiger partial charge in [-0.1, -0.05) is 27.2 Å². The number of rotatable bonds is 1. The molecule has 0 spiro atoms. The van der Waals surface area contributed by atoms with E-state index in [0.29, 0.717) is 0 Å². The molecule has 0 aliphatic carbocycles. The van der Waals surface area contributed by atoms with Crippen molar-refractivity contribution in [2.24, 2.45) is 0 Å². The molecule has 1 radical (unpaired) electrons. The van der Waals surface area contributed by atoms with Crippen molar-refractivity contribution in [3.8, 4) is 11.1 Å². The molecule has 0 fully saturated rings. The Morgan fingerprint density at radius 1 is 1.38 bits per heavy atom. The van der Waals surface area contributed by atoms with E-state index in [2.05, 4.69) is 39.4 Å². The number of hydrogen-bond acceptors (Lipinski definition) is 2. The van der Waals surface area contributed by atoms with Gasteiger partial charge in [-0.25, -0.2) is 0 Å². The molecule has 0 bridgehead atoms. The molecule has 0 aliphatic heterocycles. The lowest BCUT2D eigenvalue weighted by atomic mass is 10.1. The molecule has 1 heterocycles. The zero-order valence-corrected chi connectivity index (χ0v) is 8.63. The number of aryl methyl sites for hydroxylation is 1. The predicted molar refractivity (Wildman–Crippen MR) is 53.2 cm³/mol. The Morgan fingerprint density at radius 2 is 2.23 bits per heavy atom. The van der Waals surface area contributed by atoms with Crippen molar-refractivity contribution in [3.63, 3.8) is 0 Å². The summed E-state index contributed by atoms with van der Waals surface area (Å²) in [7, 11) is 0. The molecule has 0 saturated heterocycles. The smallest absolute Gasteiger partial charge is 0.144 e. The first-order chi connectivity index (χ1) is 6.25. The molecule has 0 atom stereocenters. The molecule has 1 aromatic carbocycles. The van der Waals surface area contributed by atoms with E-state index in [-0.39, 0.29) is 0 Å². The molecular formula is C10H7BrNO. The number of aromatic nitrogens is 1. The number of halogens is 1. The van der Waals surface area contributed by atoms with Gasteiger partial charge >= 0.3 is 0 Å². The zero-order chi connectivity index (χ0) is 9.26. The van der Waals surface area contributed by atoms with Crippen LogP contribution in [-0.2, 0) is 0 Å². The summed E-state index contributed by atoms with van der Waals surface area (Å²) < 4.78 is 5.78. The fourth-order valence-corrected chi connectivity index (χ4v) is 1.81. The Kier molecular flexibility index (Phi) is 2.19. The van der Waals surface area contributed by atoms with Crippen LogP contribution >= 0.6 is 15.9 Å². The average molecular weight is 237 g/mol. The fraction of sp³-hybridized carbons (Fsp3) is 0.100. The lowest BCUT2D eigenvalue weighted by molar-refractivity contribution is 0.418. The van der Waals surface area contributed by atoms with Crippen LogP contribution in [0.1, 0.15) is 5.56 Å². The fourth-order valence-electron chi connectivity index (χ4n) is 1.21. The topological polar surface area (TPSA) is 26.0 Å². The van der Waals surface area contributed by atoms with Crippen LogP contribution in [0.3, 0.4) is 0 Å². The second-order valence-electron chi connectivity index (χ2n) is 2.86. The van der Waals surface area contributed by atoms with Gasteiger partial charge in [-0.05, 0) is 30.2 Å². The van der Waals surface area contributed by atoms with E-state index in [1.807, 2.05) is 13.0 Å². The minimum absolute atomic E-state index is 0.879. The van der Waals surface area contributed by atoms with Crippen LogP contribution < -0.4 is 0 Å². The molecule has 13 heavy (non-hydrogen) atoms. The van der Waals surface area contributed by atoms with E-state index in [0.717, 1.165) is 15.6 Å². The molecule has 0 amide bonds. The summed E-state index contributed by atoms with van der Waals surface area (Å²) >= 11 is 3.43. The Balaban J connectivity index is 2.53. The second-order valence-corrected chi connectivity index (χ2v) is 3.77. The van der Waals surface area contributed by atoms with Crippen LogP contribution in [0.15, 0.2) is 33.5 Å². The first-order valence-corrected chi connectivity index (χ1v) is 4.64. The van der Waals surface area contributed by atoms with Gasteiger partial charge in [0.05, 0.1) is 5.56 Å². The molecule has 3 heteroatoms. The van der Waals surface area contributed by atoms with E-state index in [1.165, 1.54) is 5.56 Å². The van der Waals surface area contributed by atoms with Gasteiger partial charge in [-0.2, -0.15) is 0 Å². The number of hydrogen-bond donors (Lipinski definition) is 0. The Hall–Kier alpha value is -1.09. The lowest BCUT2D eigenvalue weighted by Crippen LogP contribution is -1.78. The lowest BCUT2D eigenvalue weighted by Gasteiger charge is -1.99. The minimum atomic E-state index is 0.879. The van der Waals surface area contributed by atoms with Gasteiger partial charge in [0.1, 0.15) is 12.5 Å². The molecule has 65 valence electrons. The van der Waals surface area contributed by atoms with Crippen molar-refractivity contribution in [1.29, 1.82) is 0 Å². The van der Waals surface area contributed by atoms with Crippen LogP contribution in [0.5, 0.6) is 0 Å². The van der Waals surface area contributed by atoms with E-state index >= 15 is 0 Å².